The highest BCUT2D eigenvalue weighted by molar-refractivity contribution is 7.80. The number of piperidine rings is 2. The highest BCUT2D eigenvalue weighted by Gasteiger charge is 2.48. The molecule has 0 aliphatic carbocycles. The smallest absolute Gasteiger partial charge is 0.0748 e. The van der Waals surface area contributed by atoms with Crippen molar-refractivity contribution in [1.29, 1.82) is 0 Å². The van der Waals surface area contributed by atoms with Crippen molar-refractivity contribution >= 4 is 34.4 Å². The summed E-state index contributed by atoms with van der Waals surface area (Å²) in [6, 6.07) is 0. The summed E-state index contributed by atoms with van der Waals surface area (Å²) in [5.74, 6) is 0. The fourth-order valence-corrected chi connectivity index (χ4v) is 4.01. The topological polar surface area (TPSA) is 6.48 Å². The summed E-state index contributed by atoms with van der Waals surface area (Å²) in [7, 11) is 0. The molecule has 2 nitrogen and oxygen atoms in total. The van der Waals surface area contributed by atoms with E-state index in [2.05, 4.69) is 23.6 Å². The summed E-state index contributed by atoms with van der Waals surface area (Å²) >= 11 is 10.7. The van der Waals surface area contributed by atoms with Crippen LogP contribution in [0.2, 0.25) is 0 Å². The minimum atomic E-state index is 0.325. The number of hydrogen-bond donors (Lipinski definition) is 0. The summed E-state index contributed by atoms with van der Waals surface area (Å²) in [5.41, 5.74) is 0.650. The molecule has 2 aliphatic heterocycles. The third kappa shape index (κ3) is 2.63. The lowest BCUT2D eigenvalue weighted by Gasteiger charge is -2.57. The van der Waals surface area contributed by atoms with E-state index >= 15 is 0 Å². The van der Waals surface area contributed by atoms with Crippen molar-refractivity contribution in [2.75, 3.05) is 26.2 Å². The number of rotatable bonds is 0. The zero-order valence-electron chi connectivity index (χ0n) is 11.2. The predicted octanol–water partition coefficient (Wildman–Crippen LogP) is 2.71. The highest BCUT2D eigenvalue weighted by Crippen LogP contribution is 2.45. The number of thiocarbonyl (C=S) groups is 2. The van der Waals surface area contributed by atoms with Gasteiger partial charge in [0.1, 0.15) is 0 Å². The zero-order chi connectivity index (χ0) is 12.8. The van der Waals surface area contributed by atoms with Gasteiger partial charge in [-0.25, -0.2) is 0 Å². The van der Waals surface area contributed by atoms with Gasteiger partial charge >= 0.3 is 0 Å². The lowest BCUT2D eigenvalue weighted by atomic mass is 9.65. The van der Waals surface area contributed by atoms with Gasteiger partial charge in [0, 0.05) is 37.0 Å². The molecule has 17 heavy (non-hydrogen) atoms. The Morgan fingerprint density at radius 3 is 1.35 bits per heavy atom. The Kier molecular flexibility index (Phi) is 3.24. The number of nitrogens with zero attached hydrogens (tertiary/aromatic N) is 2. The van der Waals surface area contributed by atoms with E-state index in [9.17, 15) is 0 Å². The van der Waals surface area contributed by atoms with Crippen LogP contribution in [0.1, 0.15) is 34.1 Å². The number of hydrogen-bond acceptors (Lipinski definition) is 2. The average Bonchev–Trinajstić information content (AvgIpc) is 2.12. The van der Waals surface area contributed by atoms with Gasteiger partial charge in [0.05, 0.1) is 9.98 Å². The molecule has 0 saturated carbocycles. The molecule has 2 rings (SSSR count). The molecule has 2 fully saturated rings. The van der Waals surface area contributed by atoms with E-state index in [1.165, 1.54) is 6.42 Å². The normalized spacial score (nSPS) is 36.9. The Hall–Kier alpha value is -0.220. The second-order valence-corrected chi connectivity index (χ2v) is 7.73. The third-order valence-corrected chi connectivity index (χ3v) is 4.55. The minimum absolute atomic E-state index is 0.325. The average molecular weight is 270 g/mol. The van der Waals surface area contributed by atoms with Crippen molar-refractivity contribution in [3.63, 3.8) is 0 Å². The first kappa shape index (κ1) is 13.2. The van der Waals surface area contributed by atoms with Crippen LogP contribution in [0, 0.1) is 10.8 Å². The van der Waals surface area contributed by atoms with E-state index in [1.54, 1.807) is 0 Å². The van der Waals surface area contributed by atoms with Crippen LogP contribution >= 0.6 is 24.4 Å². The summed E-state index contributed by atoms with van der Waals surface area (Å²) in [5, 5.41) is 0. The fraction of sp³-hybridized carbons (Fsp3) is 0.846. The van der Waals surface area contributed by atoms with E-state index in [0.717, 1.165) is 36.2 Å². The van der Waals surface area contributed by atoms with Crippen LogP contribution in [0.15, 0.2) is 0 Å². The largest absolute Gasteiger partial charge is 0.365 e. The van der Waals surface area contributed by atoms with Crippen LogP contribution in [0.3, 0.4) is 0 Å². The van der Waals surface area contributed by atoms with E-state index in [-0.39, 0.29) is 0 Å². The van der Waals surface area contributed by atoms with Gasteiger partial charge in [-0.1, -0.05) is 38.3 Å². The van der Waals surface area contributed by atoms with Gasteiger partial charge in [0.2, 0.25) is 0 Å². The second kappa shape index (κ2) is 4.16. The predicted molar refractivity (Wildman–Crippen MR) is 80.5 cm³/mol. The van der Waals surface area contributed by atoms with Crippen LogP contribution < -0.4 is 0 Å². The second-order valence-electron chi connectivity index (χ2n) is 6.55. The van der Waals surface area contributed by atoms with Crippen molar-refractivity contribution in [1.82, 2.24) is 9.80 Å². The Labute approximate surface area is 115 Å². The van der Waals surface area contributed by atoms with E-state index in [4.69, 9.17) is 24.4 Å². The van der Waals surface area contributed by atoms with E-state index < -0.39 is 0 Å². The van der Waals surface area contributed by atoms with Gasteiger partial charge in [-0.05, 0) is 20.3 Å². The Morgan fingerprint density at radius 1 is 0.824 bits per heavy atom. The maximum atomic E-state index is 5.36. The van der Waals surface area contributed by atoms with Crippen molar-refractivity contribution in [3.8, 4) is 0 Å². The van der Waals surface area contributed by atoms with E-state index in [0.29, 0.717) is 10.8 Å². The van der Waals surface area contributed by atoms with Crippen molar-refractivity contribution in [2.45, 2.75) is 34.1 Å². The molecule has 0 aromatic rings. The van der Waals surface area contributed by atoms with Gasteiger partial charge in [-0.3, -0.25) is 0 Å². The molecule has 2 aliphatic rings. The van der Waals surface area contributed by atoms with Gasteiger partial charge in [-0.15, -0.1) is 0 Å². The van der Waals surface area contributed by atoms with Crippen molar-refractivity contribution < 1.29 is 0 Å². The molecule has 0 amide bonds. The molecule has 4 heteroatoms. The van der Waals surface area contributed by atoms with Crippen molar-refractivity contribution in [3.05, 3.63) is 0 Å². The first-order valence-corrected chi connectivity index (χ1v) is 7.06. The molecule has 2 bridgehead atoms. The summed E-state index contributed by atoms with van der Waals surface area (Å²) in [4.78, 5) is 6.84. The quantitative estimate of drug-likeness (QED) is 0.624. The number of fused-ring (bicyclic) bond motifs is 2. The maximum Gasteiger partial charge on any atom is 0.0748 e. The first-order chi connectivity index (χ1) is 7.73. The lowest BCUT2D eigenvalue weighted by Crippen LogP contribution is -2.63. The molecule has 0 radical (unpaired) electrons. The summed E-state index contributed by atoms with van der Waals surface area (Å²) < 4.78 is 0. The molecule has 0 aromatic heterocycles. The summed E-state index contributed by atoms with van der Waals surface area (Å²) in [6.45, 7) is 13.2. The minimum Gasteiger partial charge on any atom is -0.365 e. The van der Waals surface area contributed by atoms with Gasteiger partial charge in [0.15, 0.2) is 0 Å². The first-order valence-electron chi connectivity index (χ1n) is 6.24. The lowest BCUT2D eigenvalue weighted by molar-refractivity contribution is -0.0265. The molecule has 2 saturated heterocycles. The van der Waals surface area contributed by atoms with Gasteiger partial charge < -0.3 is 9.80 Å². The Morgan fingerprint density at radius 2 is 1.12 bits per heavy atom. The molecule has 0 aromatic carbocycles. The fourth-order valence-electron chi connectivity index (χ4n) is 3.75. The van der Waals surface area contributed by atoms with Gasteiger partial charge in [0.25, 0.3) is 0 Å². The monoisotopic (exact) mass is 270 g/mol. The molecule has 0 N–H and O–H groups in total. The Balaban J connectivity index is 2.25. The van der Waals surface area contributed by atoms with Crippen LogP contribution in [0.4, 0.5) is 0 Å². The molecule has 2 heterocycles. The van der Waals surface area contributed by atoms with Crippen LogP contribution in [-0.4, -0.2) is 46.0 Å². The molecular formula is C13H22N2S2. The molecule has 0 atom stereocenters. The Bertz CT molecular complexity index is 318. The number of likely N-dealkylation sites (tertiary alicyclic amines) is 2. The molecular weight excluding hydrogens is 248 g/mol. The molecule has 96 valence electrons. The van der Waals surface area contributed by atoms with Gasteiger partial charge in [-0.2, -0.15) is 0 Å². The SMILES string of the molecule is CC(=S)N1CC2(C)CN(C(C)=S)CC(C)(C1)C2. The third-order valence-electron chi connectivity index (χ3n) is 4.03. The van der Waals surface area contributed by atoms with Crippen LogP contribution in [0.25, 0.3) is 0 Å². The highest BCUT2D eigenvalue weighted by atomic mass is 32.1. The molecule has 0 spiro atoms. The van der Waals surface area contributed by atoms with E-state index in [1.807, 2.05) is 13.8 Å². The molecule has 0 unspecified atom stereocenters. The summed E-state index contributed by atoms with van der Waals surface area (Å²) in [6.07, 6.45) is 1.29. The standard InChI is InChI=1S/C13H22N2S2/c1-10(16)14-6-12(3)5-13(4,7-14)9-15(8-12)11(2)17/h5-9H2,1-4H3. The van der Waals surface area contributed by atoms with Crippen molar-refractivity contribution in [2.24, 2.45) is 10.8 Å². The van der Waals surface area contributed by atoms with Crippen LogP contribution in [-0.2, 0) is 0 Å². The maximum absolute atomic E-state index is 5.36. The van der Waals surface area contributed by atoms with Crippen LogP contribution in [0.5, 0.6) is 0 Å². The zero-order valence-corrected chi connectivity index (χ0v) is 12.9.